The number of nitrogens with two attached hydrogens (primary N) is 1. The first-order valence-corrected chi connectivity index (χ1v) is 7.17. The van der Waals surface area contributed by atoms with Crippen LogP contribution in [0.4, 0.5) is 0 Å². The molecule has 0 bridgehead atoms. The fourth-order valence-corrected chi connectivity index (χ4v) is 1.97. The molecule has 1 aromatic heterocycles. The van der Waals surface area contributed by atoms with E-state index < -0.39 is 0 Å². The van der Waals surface area contributed by atoms with Crippen LogP contribution in [0.1, 0.15) is 50.5 Å². The van der Waals surface area contributed by atoms with Gasteiger partial charge in [-0.2, -0.15) is 0 Å². The number of unbranched alkanes of at least 4 members (excludes halogenated alkanes) is 6. The van der Waals surface area contributed by atoms with Crippen molar-refractivity contribution in [3.63, 3.8) is 0 Å². The third-order valence-electron chi connectivity index (χ3n) is 3.07. The molecular formula is C16H26N2. The van der Waals surface area contributed by atoms with Crippen LogP contribution < -0.4 is 5.73 Å². The van der Waals surface area contributed by atoms with Gasteiger partial charge in [0.2, 0.25) is 0 Å². The number of rotatable bonds is 10. The summed E-state index contributed by atoms with van der Waals surface area (Å²) >= 11 is 0. The normalized spacial score (nSPS) is 11.2. The molecule has 0 radical (unpaired) electrons. The molecular weight excluding hydrogens is 220 g/mol. The maximum Gasteiger partial charge on any atom is 0.0303 e. The zero-order valence-electron chi connectivity index (χ0n) is 11.4. The van der Waals surface area contributed by atoms with Gasteiger partial charge in [0, 0.05) is 12.4 Å². The van der Waals surface area contributed by atoms with Crippen molar-refractivity contribution in [2.45, 2.75) is 51.4 Å². The summed E-state index contributed by atoms with van der Waals surface area (Å²) in [5, 5.41) is 0. The van der Waals surface area contributed by atoms with Crippen molar-refractivity contribution in [2.24, 2.45) is 5.73 Å². The Morgan fingerprint density at radius 1 is 1.00 bits per heavy atom. The van der Waals surface area contributed by atoms with Crippen LogP contribution in [-0.2, 0) is 6.42 Å². The highest BCUT2D eigenvalue weighted by atomic mass is 14.6. The molecule has 1 rings (SSSR count). The molecule has 2 heteroatoms. The van der Waals surface area contributed by atoms with Crippen LogP contribution in [0.25, 0.3) is 0 Å². The lowest BCUT2D eigenvalue weighted by molar-refractivity contribution is 0.600. The van der Waals surface area contributed by atoms with E-state index in [1.807, 2.05) is 18.5 Å². The van der Waals surface area contributed by atoms with E-state index in [1.165, 1.54) is 50.5 Å². The van der Waals surface area contributed by atoms with Gasteiger partial charge in [-0.15, -0.1) is 0 Å². The third-order valence-corrected chi connectivity index (χ3v) is 3.07. The molecule has 0 aliphatic carbocycles. The molecule has 0 aliphatic rings. The monoisotopic (exact) mass is 246 g/mol. The Labute approximate surface area is 111 Å². The van der Waals surface area contributed by atoms with E-state index in [-0.39, 0.29) is 0 Å². The average molecular weight is 246 g/mol. The molecule has 2 nitrogen and oxygen atoms in total. The molecule has 1 heterocycles. The Kier molecular flexibility index (Phi) is 9.09. The predicted molar refractivity (Wildman–Crippen MR) is 78.5 cm³/mol. The molecule has 0 saturated heterocycles. The Balaban J connectivity index is 1.91. The van der Waals surface area contributed by atoms with Crippen LogP contribution >= 0.6 is 0 Å². The van der Waals surface area contributed by atoms with Crippen LogP contribution in [0.3, 0.4) is 0 Å². The summed E-state index contributed by atoms with van der Waals surface area (Å²) in [4.78, 5) is 4.11. The van der Waals surface area contributed by atoms with Crippen molar-refractivity contribution in [1.29, 1.82) is 0 Å². The molecule has 0 spiro atoms. The number of hydrogen-bond acceptors (Lipinski definition) is 2. The maximum atomic E-state index is 5.46. The smallest absolute Gasteiger partial charge is 0.0303 e. The second kappa shape index (κ2) is 11.0. The largest absolute Gasteiger partial charge is 0.330 e. The lowest BCUT2D eigenvalue weighted by atomic mass is 10.1. The summed E-state index contributed by atoms with van der Waals surface area (Å²) in [6.45, 7) is 0.844. The van der Waals surface area contributed by atoms with Gasteiger partial charge in [0.1, 0.15) is 0 Å². The topological polar surface area (TPSA) is 38.9 Å². The van der Waals surface area contributed by atoms with Crippen molar-refractivity contribution in [3.8, 4) is 0 Å². The Morgan fingerprint density at radius 3 is 2.50 bits per heavy atom. The summed E-state index contributed by atoms with van der Waals surface area (Å²) in [7, 11) is 0. The van der Waals surface area contributed by atoms with Crippen LogP contribution in [0, 0.1) is 0 Å². The molecule has 18 heavy (non-hydrogen) atoms. The maximum absolute atomic E-state index is 5.46. The van der Waals surface area contributed by atoms with E-state index in [2.05, 4.69) is 23.2 Å². The van der Waals surface area contributed by atoms with Crippen molar-refractivity contribution >= 4 is 0 Å². The van der Waals surface area contributed by atoms with Gasteiger partial charge in [-0.1, -0.05) is 43.9 Å². The minimum atomic E-state index is 0.844. The quantitative estimate of drug-likeness (QED) is 0.503. The van der Waals surface area contributed by atoms with Crippen LogP contribution in [0.5, 0.6) is 0 Å². The van der Waals surface area contributed by atoms with Crippen molar-refractivity contribution < 1.29 is 0 Å². The molecule has 0 amide bonds. The average Bonchev–Trinajstić information content (AvgIpc) is 2.42. The van der Waals surface area contributed by atoms with Crippen LogP contribution in [-0.4, -0.2) is 11.5 Å². The fraction of sp³-hybridized carbons (Fsp3) is 0.562. The zero-order chi connectivity index (χ0) is 12.9. The molecule has 0 unspecified atom stereocenters. The van der Waals surface area contributed by atoms with Gasteiger partial charge < -0.3 is 5.73 Å². The number of pyridine rings is 1. The summed E-state index contributed by atoms with van der Waals surface area (Å²) in [5.41, 5.74) is 6.75. The van der Waals surface area contributed by atoms with Crippen molar-refractivity contribution in [1.82, 2.24) is 4.98 Å². The Morgan fingerprint density at radius 2 is 1.78 bits per heavy atom. The van der Waals surface area contributed by atoms with Gasteiger partial charge >= 0.3 is 0 Å². The number of hydrogen-bond donors (Lipinski definition) is 1. The standard InChI is InChI=1S/C16H26N2/c17-13-9-7-5-3-1-2-4-6-8-11-16-12-10-14-18-15-16/h6,8,10,12,14-15H,1-5,7,9,11,13,17H2/b8-6-. The van der Waals surface area contributed by atoms with Gasteiger partial charge in [-0.25, -0.2) is 0 Å². The fourth-order valence-electron chi connectivity index (χ4n) is 1.97. The minimum absolute atomic E-state index is 0.844. The number of allylic oxidation sites excluding steroid dienone is 2. The molecule has 0 aliphatic heterocycles. The minimum Gasteiger partial charge on any atom is -0.330 e. The van der Waals surface area contributed by atoms with Gasteiger partial charge in [0.25, 0.3) is 0 Å². The van der Waals surface area contributed by atoms with E-state index in [0.717, 1.165) is 13.0 Å². The summed E-state index contributed by atoms with van der Waals surface area (Å²) < 4.78 is 0. The highest BCUT2D eigenvalue weighted by Gasteiger charge is 1.90. The van der Waals surface area contributed by atoms with Crippen molar-refractivity contribution in [2.75, 3.05) is 6.54 Å². The lowest BCUT2D eigenvalue weighted by Crippen LogP contribution is -1.97. The molecule has 0 fully saturated rings. The van der Waals surface area contributed by atoms with E-state index in [0.29, 0.717) is 0 Å². The van der Waals surface area contributed by atoms with Crippen molar-refractivity contribution in [3.05, 3.63) is 42.2 Å². The van der Waals surface area contributed by atoms with Crippen LogP contribution in [0.2, 0.25) is 0 Å². The second-order valence-corrected chi connectivity index (χ2v) is 4.74. The van der Waals surface area contributed by atoms with E-state index in [1.54, 1.807) is 0 Å². The Hall–Kier alpha value is -1.15. The van der Waals surface area contributed by atoms with Crippen LogP contribution in [0.15, 0.2) is 36.7 Å². The number of nitrogens with zero attached hydrogens (tertiary/aromatic N) is 1. The van der Waals surface area contributed by atoms with Gasteiger partial charge in [0.15, 0.2) is 0 Å². The second-order valence-electron chi connectivity index (χ2n) is 4.74. The predicted octanol–water partition coefficient (Wildman–Crippen LogP) is 3.87. The summed E-state index contributed by atoms with van der Waals surface area (Å²) in [6.07, 6.45) is 18.4. The molecule has 0 aromatic carbocycles. The first kappa shape index (κ1) is 14.9. The zero-order valence-corrected chi connectivity index (χ0v) is 11.4. The highest BCUT2D eigenvalue weighted by molar-refractivity contribution is 5.12. The van der Waals surface area contributed by atoms with Gasteiger partial charge in [0.05, 0.1) is 0 Å². The first-order valence-electron chi connectivity index (χ1n) is 7.17. The third kappa shape index (κ3) is 8.02. The summed E-state index contributed by atoms with van der Waals surface area (Å²) in [6, 6.07) is 4.11. The molecule has 100 valence electrons. The highest BCUT2D eigenvalue weighted by Crippen LogP contribution is 2.07. The van der Waals surface area contributed by atoms with E-state index in [9.17, 15) is 0 Å². The van der Waals surface area contributed by atoms with Gasteiger partial charge in [-0.05, 0) is 43.9 Å². The molecule has 0 atom stereocenters. The first-order chi connectivity index (χ1) is 8.93. The van der Waals surface area contributed by atoms with Gasteiger partial charge in [-0.3, -0.25) is 4.98 Å². The lowest BCUT2D eigenvalue weighted by Gasteiger charge is -1.99. The summed E-state index contributed by atoms with van der Waals surface area (Å²) in [5.74, 6) is 0. The molecule has 1 aromatic rings. The Bertz CT molecular complexity index is 306. The SMILES string of the molecule is NCCCCCCCC/C=C\Cc1cccnc1. The van der Waals surface area contributed by atoms with E-state index >= 15 is 0 Å². The molecule has 0 saturated carbocycles. The van der Waals surface area contributed by atoms with E-state index in [4.69, 9.17) is 5.73 Å². The number of aromatic nitrogens is 1. The molecule has 2 N–H and O–H groups in total.